The Hall–Kier alpha value is -1.27. The van der Waals surface area contributed by atoms with E-state index >= 15 is 0 Å². The van der Waals surface area contributed by atoms with E-state index in [1.165, 1.54) is 12.3 Å². The molecule has 2 aromatic heterocycles. The first-order chi connectivity index (χ1) is 6.98. The molecular weight excluding hydrogens is 238 g/mol. The van der Waals surface area contributed by atoms with Crippen LogP contribution in [0.25, 0.3) is 11.0 Å². The van der Waals surface area contributed by atoms with Crippen LogP contribution in [0.5, 0.6) is 0 Å². The number of hydrogen-bond acceptors (Lipinski definition) is 5. The van der Waals surface area contributed by atoms with Crippen molar-refractivity contribution in [2.75, 3.05) is 6.26 Å². The Labute approximate surface area is 91.0 Å². The minimum atomic E-state index is -3.37. The van der Waals surface area contributed by atoms with Crippen LogP contribution >= 0.6 is 11.6 Å². The molecule has 0 aromatic carbocycles. The SMILES string of the molecule is CS(=O)(=O)c1cc2ccnnc2nc1Cl. The predicted molar refractivity (Wildman–Crippen MR) is 55.5 cm³/mol. The Morgan fingerprint density at radius 2 is 2.13 bits per heavy atom. The Kier molecular flexibility index (Phi) is 2.32. The number of hydrogen-bond donors (Lipinski definition) is 0. The highest BCUT2D eigenvalue weighted by atomic mass is 35.5. The van der Waals surface area contributed by atoms with Gasteiger partial charge in [0.2, 0.25) is 0 Å². The van der Waals surface area contributed by atoms with Crippen LogP contribution in [-0.4, -0.2) is 29.9 Å². The van der Waals surface area contributed by atoms with E-state index < -0.39 is 9.84 Å². The largest absolute Gasteiger partial charge is 0.224 e. The van der Waals surface area contributed by atoms with Gasteiger partial charge >= 0.3 is 0 Å². The first-order valence-electron chi connectivity index (χ1n) is 3.96. The normalized spacial score (nSPS) is 11.9. The standard InChI is InChI=1S/C8H6ClN3O2S/c1-15(13,14)6-4-5-2-3-10-12-8(5)11-7(6)9/h2-4H,1H3. The minimum absolute atomic E-state index is 0.00432. The van der Waals surface area contributed by atoms with Crippen LogP contribution in [0, 0.1) is 0 Å². The zero-order valence-corrected chi connectivity index (χ0v) is 9.25. The van der Waals surface area contributed by atoms with Crippen LogP contribution in [0.1, 0.15) is 0 Å². The molecule has 0 radical (unpaired) electrons. The van der Waals surface area contributed by atoms with E-state index in [1.54, 1.807) is 6.07 Å². The molecule has 5 nitrogen and oxygen atoms in total. The van der Waals surface area contributed by atoms with Gasteiger partial charge in [0.1, 0.15) is 10.0 Å². The smallest absolute Gasteiger partial charge is 0.183 e. The third-order valence-electron chi connectivity index (χ3n) is 1.82. The first-order valence-corrected chi connectivity index (χ1v) is 6.23. The number of halogens is 1. The van der Waals surface area contributed by atoms with E-state index in [1.807, 2.05) is 0 Å². The Morgan fingerprint density at radius 3 is 2.80 bits per heavy atom. The van der Waals surface area contributed by atoms with Crippen molar-refractivity contribution in [1.82, 2.24) is 15.2 Å². The quantitative estimate of drug-likeness (QED) is 0.701. The van der Waals surface area contributed by atoms with Gasteiger partial charge in [-0.2, -0.15) is 5.10 Å². The molecule has 2 heterocycles. The molecule has 2 rings (SSSR count). The second kappa shape index (κ2) is 3.39. The summed E-state index contributed by atoms with van der Waals surface area (Å²) in [5.74, 6) is 0. The molecule has 15 heavy (non-hydrogen) atoms. The van der Waals surface area contributed by atoms with Crippen LogP contribution in [0.4, 0.5) is 0 Å². The second-order valence-electron chi connectivity index (χ2n) is 2.99. The lowest BCUT2D eigenvalue weighted by Crippen LogP contribution is -2.00. The van der Waals surface area contributed by atoms with Crippen LogP contribution in [0.3, 0.4) is 0 Å². The van der Waals surface area contributed by atoms with Gasteiger partial charge in [-0.1, -0.05) is 11.6 Å². The number of nitrogens with zero attached hydrogens (tertiary/aromatic N) is 3. The Balaban J connectivity index is 2.84. The van der Waals surface area contributed by atoms with Crippen molar-refractivity contribution in [3.05, 3.63) is 23.5 Å². The van der Waals surface area contributed by atoms with E-state index in [0.717, 1.165) is 6.26 Å². The summed E-state index contributed by atoms with van der Waals surface area (Å²) in [6.45, 7) is 0. The van der Waals surface area contributed by atoms with Crippen molar-refractivity contribution in [3.8, 4) is 0 Å². The van der Waals surface area contributed by atoms with E-state index in [0.29, 0.717) is 11.0 Å². The second-order valence-corrected chi connectivity index (χ2v) is 5.34. The highest BCUT2D eigenvalue weighted by Crippen LogP contribution is 2.22. The Bertz CT molecular complexity index is 627. The zero-order valence-electron chi connectivity index (χ0n) is 7.68. The summed E-state index contributed by atoms with van der Waals surface area (Å²) in [6, 6.07) is 3.06. The molecule has 0 saturated heterocycles. The maximum Gasteiger partial charge on any atom is 0.183 e. The maximum absolute atomic E-state index is 11.3. The van der Waals surface area contributed by atoms with Gasteiger partial charge in [0, 0.05) is 11.6 Å². The van der Waals surface area contributed by atoms with Crippen LogP contribution in [0.2, 0.25) is 5.15 Å². The molecule has 78 valence electrons. The summed E-state index contributed by atoms with van der Waals surface area (Å²) in [5.41, 5.74) is 0.329. The van der Waals surface area contributed by atoms with Crippen LogP contribution < -0.4 is 0 Å². The molecule has 0 unspecified atom stereocenters. The summed E-state index contributed by atoms with van der Waals surface area (Å²) in [7, 11) is -3.37. The third-order valence-corrected chi connectivity index (χ3v) is 3.34. The molecule has 0 amide bonds. The van der Waals surface area contributed by atoms with Crippen molar-refractivity contribution >= 4 is 32.5 Å². The van der Waals surface area contributed by atoms with Gasteiger partial charge in [0.25, 0.3) is 0 Å². The van der Waals surface area contributed by atoms with Gasteiger partial charge in [-0.05, 0) is 12.1 Å². The summed E-state index contributed by atoms with van der Waals surface area (Å²) < 4.78 is 22.7. The molecule has 0 aliphatic rings. The topological polar surface area (TPSA) is 72.8 Å². The van der Waals surface area contributed by atoms with Crippen molar-refractivity contribution in [3.63, 3.8) is 0 Å². The van der Waals surface area contributed by atoms with Crippen molar-refractivity contribution in [2.45, 2.75) is 4.90 Å². The molecule has 0 bridgehead atoms. The van der Waals surface area contributed by atoms with Crippen molar-refractivity contribution < 1.29 is 8.42 Å². The molecule has 0 spiro atoms. The summed E-state index contributed by atoms with van der Waals surface area (Å²) in [5, 5.41) is 7.86. The average molecular weight is 244 g/mol. The van der Waals surface area contributed by atoms with Crippen molar-refractivity contribution in [2.24, 2.45) is 0 Å². The summed E-state index contributed by atoms with van der Waals surface area (Å²) in [4.78, 5) is 3.86. The number of fused-ring (bicyclic) bond motifs is 1. The average Bonchev–Trinajstić information content (AvgIpc) is 2.15. The molecular formula is C8H6ClN3O2S. The molecule has 0 aliphatic heterocycles. The predicted octanol–water partition coefficient (Wildman–Crippen LogP) is 1.08. The lowest BCUT2D eigenvalue weighted by molar-refractivity contribution is 0.601. The minimum Gasteiger partial charge on any atom is -0.224 e. The van der Waals surface area contributed by atoms with Crippen LogP contribution in [-0.2, 0) is 9.84 Å². The van der Waals surface area contributed by atoms with Gasteiger partial charge in [0.05, 0.1) is 6.20 Å². The molecule has 0 N–H and O–H groups in total. The van der Waals surface area contributed by atoms with E-state index in [4.69, 9.17) is 11.6 Å². The molecule has 0 fully saturated rings. The molecule has 2 aromatic rings. The molecule has 0 aliphatic carbocycles. The van der Waals surface area contributed by atoms with E-state index in [2.05, 4.69) is 15.2 Å². The highest BCUT2D eigenvalue weighted by Gasteiger charge is 2.14. The van der Waals surface area contributed by atoms with Gasteiger partial charge in [-0.15, -0.1) is 5.10 Å². The van der Waals surface area contributed by atoms with Crippen molar-refractivity contribution in [1.29, 1.82) is 0 Å². The molecule has 0 saturated carbocycles. The highest BCUT2D eigenvalue weighted by molar-refractivity contribution is 7.90. The van der Waals surface area contributed by atoms with Crippen LogP contribution in [0.15, 0.2) is 23.2 Å². The number of aromatic nitrogens is 3. The maximum atomic E-state index is 11.3. The first kappa shape index (κ1) is 10.3. The number of pyridine rings is 1. The molecule has 0 atom stereocenters. The van der Waals surface area contributed by atoms with E-state index in [-0.39, 0.29) is 10.0 Å². The van der Waals surface area contributed by atoms with Gasteiger partial charge in [0.15, 0.2) is 15.5 Å². The van der Waals surface area contributed by atoms with E-state index in [9.17, 15) is 8.42 Å². The molecule has 7 heteroatoms. The van der Waals surface area contributed by atoms with Gasteiger partial charge in [-0.3, -0.25) is 0 Å². The summed E-state index contributed by atoms with van der Waals surface area (Å²) in [6.07, 6.45) is 2.54. The fraction of sp³-hybridized carbons (Fsp3) is 0.125. The number of rotatable bonds is 1. The van der Waals surface area contributed by atoms with Gasteiger partial charge in [-0.25, -0.2) is 13.4 Å². The lowest BCUT2D eigenvalue weighted by atomic mass is 10.3. The zero-order chi connectivity index (χ0) is 11.1. The Morgan fingerprint density at radius 1 is 1.40 bits per heavy atom. The van der Waals surface area contributed by atoms with Gasteiger partial charge < -0.3 is 0 Å². The fourth-order valence-corrected chi connectivity index (χ4v) is 2.39. The monoisotopic (exact) mass is 243 g/mol. The number of sulfone groups is 1. The fourth-order valence-electron chi connectivity index (χ4n) is 1.14. The summed E-state index contributed by atoms with van der Waals surface area (Å²) >= 11 is 5.73. The third kappa shape index (κ3) is 1.91. The lowest BCUT2D eigenvalue weighted by Gasteiger charge is -2.02.